The number of methoxy groups -OCH3 is 1. The van der Waals surface area contributed by atoms with Crippen molar-refractivity contribution in [1.82, 2.24) is 0 Å². The second kappa shape index (κ2) is 7.01. The van der Waals surface area contributed by atoms with Crippen molar-refractivity contribution in [2.45, 2.75) is 19.4 Å². The Hall–Kier alpha value is -1.35. The molecule has 1 aromatic rings. The molecular weight excluding hydrogens is 192 g/mol. The molecule has 0 spiro atoms. The first-order valence-corrected chi connectivity index (χ1v) is 5.01. The number of hydrogen-bond acceptors (Lipinski definition) is 3. The lowest BCUT2D eigenvalue weighted by Crippen LogP contribution is -1.95. The van der Waals surface area contributed by atoms with Crippen molar-refractivity contribution in [1.29, 1.82) is 0 Å². The molecule has 0 fully saturated rings. The SMILES string of the molecule is COc1ccc(COCCCC=O)cc1. The minimum absolute atomic E-state index is 0.572. The van der Waals surface area contributed by atoms with Crippen LogP contribution in [0, 0.1) is 0 Å². The number of rotatable bonds is 7. The van der Waals surface area contributed by atoms with E-state index in [-0.39, 0.29) is 0 Å². The van der Waals surface area contributed by atoms with E-state index in [0.29, 0.717) is 19.6 Å². The standard InChI is InChI=1S/C12H16O3/c1-14-12-6-4-11(5-7-12)10-15-9-3-2-8-13/h4-8H,2-3,9-10H2,1H3. The van der Waals surface area contributed by atoms with Gasteiger partial charge in [-0.1, -0.05) is 12.1 Å². The highest BCUT2D eigenvalue weighted by Crippen LogP contribution is 2.11. The van der Waals surface area contributed by atoms with Gasteiger partial charge >= 0.3 is 0 Å². The summed E-state index contributed by atoms with van der Waals surface area (Å²) in [4.78, 5) is 10.0. The van der Waals surface area contributed by atoms with Crippen LogP contribution < -0.4 is 4.74 Å². The van der Waals surface area contributed by atoms with Gasteiger partial charge in [0.2, 0.25) is 0 Å². The van der Waals surface area contributed by atoms with Crippen LogP contribution in [0.25, 0.3) is 0 Å². The Balaban J connectivity index is 2.22. The first-order valence-electron chi connectivity index (χ1n) is 5.01. The fourth-order valence-electron chi connectivity index (χ4n) is 1.18. The predicted octanol–water partition coefficient (Wildman–Crippen LogP) is 2.19. The minimum atomic E-state index is 0.572. The van der Waals surface area contributed by atoms with E-state index in [4.69, 9.17) is 9.47 Å². The highest BCUT2D eigenvalue weighted by Gasteiger charge is 1.94. The van der Waals surface area contributed by atoms with E-state index in [9.17, 15) is 4.79 Å². The van der Waals surface area contributed by atoms with Crippen LogP contribution in [0.15, 0.2) is 24.3 Å². The van der Waals surface area contributed by atoms with Crippen LogP contribution in [-0.2, 0) is 16.1 Å². The van der Waals surface area contributed by atoms with Crippen molar-refractivity contribution in [2.75, 3.05) is 13.7 Å². The second-order valence-electron chi connectivity index (χ2n) is 3.21. The van der Waals surface area contributed by atoms with Crippen LogP contribution >= 0.6 is 0 Å². The Morgan fingerprint density at radius 3 is 2.60 bits per heavy atom. The summed E-state index contributed by atoms with van der Waals surface area (Å²) in [6.07, 6.45) is 2.28. The van der Waals surface area contributed by atoms with E-state index in [1.807, 2.05) is 24.3 Å². The van der Waals surface area contributed by atoms with Gasteiger partial charge in [-0.2, -0.15) is 0 Å². The van der Waals surface area contributed by atoms with Gasteiger partial charge in [-0.05, 0) is 24.1 Å². The lowest BCUT2D eigenvalue weighted by molar-refractivity contribution is -0.108. The van der Waals surface area contributed by atoms with E-state index in [2.05, 4.69) is 0 Å². The number of benzene rings is 1. The molecule has 1 rings (SSSR count). The zero-order chi connectivity index (χ0) is 10.9. The van der Waals surface area contributed by atoms with Crippen molar-refractivity contribution in [3.63, 3.8) is 0 Å². The van der Waals surface area contributed by atoms with Gasteiger partial charge in [-0.25, -0.2) is 0 Å². The van der Waals surface area contributed by atoms with Crippen LogP contribution in [0.1, 0.15) is 18.4 Å². The molecule has 0 atom stereocenters. The highest BCUT2D eigenvalue weighted by atomic mass is 16.5. The molecule has 0 aromatic heterocycles. The van der Waals surface area contributed by atoms with Crippen LogP contribution in [0.3, 0.4) is 0 Å². The van der Waals surface area contributed by atoms with E-state index in [1.54, 1.807) is 7.11 Å². The molecule has 3 heteroatoms. The molecule has 0 bridgehead atoms. The number of carbonyl (C=O) groups is 1. The summed E-state index contributed by atoms with van der Waals surface area (Å²) in [6, 6.07) is 7.76. The molecular formula is C12H16O3. The zero-order valence-electron chi connectivity index (χ0n) is 8.94. The fourth-order valence-corrected chi connectivity index (χ4v) is 1.18. The Labute approximate surface area is 90.0 Å². The van der Waals surface area contributed by atoms with E-state index < -0.39 is 0 Å². The van der Waals surface area contributed by atoms with Crippen LogP contribution in [0.2, 0.25) is 0 Å². The number of carbonyl (C=O) groups excluding carboxylic acids is 1. The summed E-state index contributed by atoms with van der Waals surface area (Å²) in [5.41, 5.74) is 1.11. The van der Waals surface area contributed by atoms with E-state index in [0.717, 1.165) is 24.0 Å². The number of aldehydes is 1. The molecule has 0 saturated heterocycles. The highest BCUT2D eigenvalue weighted by molar-refractivity contribution is 5.48. The fraction of sp³-hybridized carbons (Fsp3) is 0.417. The predicted molar refractivity (Wildman–Crippen MR) is 57.9 cm³/mol. The maximum absolute atomic E-state index is 10.0. The molecule has 82 valence electrons. The topological polar surface area (TPSA) is 35.5 Å². The van der Waals surface area contributed by atoms with Gasteiger partial charge in [-0.15, -0.1) is 0 Å². The number of hydrogen-bond donors (Lipinski definition) is 0. The van der Waals surface area contributed by atoms with E-state index >= 15 is 0 Å². The van der Waals surface area contributed by atoms with Crippen LogP contribution in [0.4, 0.5) is 0 Å². The van der Waals surface area contributed by atoms with Gasteiger partial charge in [0.1, 0.15) is 12.0 Å². The van der Waals surface area contributed by atoms with Gasteiger partial charge in [0.25, 0.3) is 0 Å². The van der Waals surface area contributed by atoms with Crippen molar-refractivity contribution in [2.24, 2.45) is 0 Å². The monoisotopic (exact) mass is 208 g/mol. The minimum Gasteiger partial charge on any atom is -0.497 e. The summed E-state index contributed by atoms with van der Waals surface area (Å²) in [7, 11) is 1.64. The molecule has 0 amide bonds. The summed E-state index contributed by atoms with van der Waals surface area (Å²) >= 11 is 0. The Bertz CT molecular complexity index is 279. The van der Waals surface area contributed by atoms with Crippen molar-refractivity contribution < 1.29 is 14.3 Å². The number of unbranched alkanes of at least 4 members (excludes halogenated alkanes) is 1. The molecule has 0 saturated carbocycles. The summed E-state index contributed by atoms with van der Waals surface area (Å²) in [5, 5.41) is 0. The molecule has 0 heterocycles. The second-order valence-corrected chi connectivity index (χ2v) is 3.21. The molecule has 0 aliphatic carbocycles. The molecule has 0 N–H and O–H groups in total. The van der Waals surface area contributed by atoms with Crippen molar-refractivity contribution in [3.8, 4) is 5.75 Å². The maximum Gasteiger partial charge on any atom is 0.120 e. The third-order valence-electron chi connectivity index (χ3n) is 2.04. The lowest BCUT2D eigenvalue weighted by Gasteiger charge is -2.04. The molecule has 0 aliphatic rings. The average molecular weight is 208 g/mol. The van der Waals surface area contributed by atoms with Gasteiger partial charge < -0.3 is 14.3 Å². The summed E-state index contributed by atoms with van der Waals surface area (Å²) in [6.45, 7) is 1.22. The zero-order valence-corrected chi connectivity index (χ0v) is 8.94. The molecule has 0 unspecified atom stereocenters. The first kappa shape index (κ1) is 11.7. The molecule has 3 nitrogen and oxygen atoms in total. The average Bonchev–Trinajstić information content (AvgIpc) is 2.30. The Morgan fingerprint density at radius 1 is 1.27 bits per heavy atom. The largest absolute Gasteiger partial charge is 0.497 e. The van der Waals surface area contributed by atoms with E-state index in [1.165, 1.54) is 0 Å². The maximum atomic E-state index is 10.0. The van der Waals surface area contributed by atoms with Gasteiger partial charge in [0.15, 0.2) is 0 Å². The third-order valence-corrected chi connectivity index (χ3v) is 2.04. The molecule has 15 heavy (non-hydrogen) atoms. The molecule has 1 aromatic carbocycles. The van der Waals surface area contributed by atoms with Crippen molar-refractivity contribution >= 4 is 6.29 Å². The van der Waals surface area contributed by atoms with Crippen molar-refractivity contribution in [3.05, 3.63) is 29.8 Å². The quantitative estimate of drug-likeness (QED) is 0.509. The lowest BCUT2D eigenvalue weighted by atomic mass is 10.2. The summed E-state index contributed by atoms with van der Waals surface area (Å²) < 4.78 is 10.4. The normalized spacial score (nSPS) is 9.93. The molecule has 0 radical (unpaired) electrons. The molecule has 0 aliphatic heterocycles. The van der Waals surface area contributed by atoms with Gasteiger partial charge in [-0.3, -0.25) is 0 Å². The third kappa shape index (κ3) is 4.61. The van der Waals surface area contributed by atoms with Gasteiger partial charge in [0, 0.05) is 13.0 Å². The Kier molecular flexibility index (Phi) is 5.48. The van der Waals surface area contributed by atoms with Crippen LogP contribution in [0.5, 0.6) is 5.75 Å². The Morgan fingerprint density at radius 2 is 2.00 bits per heavy atom. The van der Waals surface area contributed by atoms with Gasteiger partial charge in [0.05, 0.1) is 13.7 Å². The number of ether oxygens (including phenoxy) is 2. The summed E-state index contributed by atoms with van der Waals surface area (Å²) in [5.74, 6) is 0.847. The smallest absolute Gasteiger partial charge is 0.120 e. The van der Waals surface area contributed by atoms with Crippen LogP contribution in [-0.4, -0.2) is 20.0 Å². The first-order chi connectivity index (χ1) is 7.36.